The molecular weight excluding hydrogens is 334 g/mol. The van der Waals surface area contributed by atoms with Crippen molar-refractivity contribution in [2.24, 2.45) is 0 Å². The first-order valence-electron chi connectivity index (χ1n) is 10.9. The minimum Gasteiger partial charge on any atom is -0.352 e. The van der Waals surface area contributed by atoms with Crippen molar-refractivity contribution in [3.63, 3.8) is 0 Å². The molecule has 0 radical (unpaired) electrons. The van der Waals surface area contributed by atoms with Gasteiger partial charge >= 0.3 is 0 Å². The lowest BCUT2D eigenvalue weighted by Crippen LogP contribution is -2.28. The Labute approximate surface area is 169 Å². The van der Waals surface area contributed by atoms with Gasteiger partial charge in [-0.2, -0.15) is 0 Å². The number of hydrogen-bond acceptors (Lipinski definition) is 3. The molecule has 0 aliphatic carbocycles. The van der Waals surface area contributed by atoms with Crippen LogP contribution in [0.25, 0.3) is 0 Å². The molecule has 0 aromatic heterocycles. The SMILES string of the molecule is CCCCCCCC=CC(C)=CC(=O)NCCCN(C)CCCCN(C)C. The molecule has 27 heavy (non-hydrogen) atoms. The predicted molar refractivity (Wildman–Crippen MR) is 119 cm³/mol. The maximum absolute atomic E-state index is 11.9. The molecule has 0 atom stereocenters. The summed E-state index contributed by atoms with van der Waals surface area (Å²) in [6.07, 6.45) is 17.1. The molecule has 0 aliphatic heterocycles. The van der Waals surface area contributed by atoms with E-state index >= 15 is 0 Å². The number of nitrogens with zero attached hydrogens (tertiary/aromatic N) is 2. The van der Waals surface area contributed by atoms with Crippen molar-refractivity contribution >= 4 is 5.91 Å². The summed E-state index contributed by atoms with van der Waals surface area (Å²) in [4.78, 5) is 16.5. The average molecular weight is 380 g/mol. The van der Waals surface area contributed by atoms with Gasteiger partial charge in [0.25, 0.3) is 0 Å². The van der Waals surface area contributed by atoms with Gasteiger partial charge < -0.3 is 15.1 Å². The summed E-state index contributed by atoms with van der Waals surface area (Å²) in [5, 5.41) is 2.99. The summed E-state index contributed by atoms with van der Waals surface area (Å²) >= 11 is 0. The van der Waals surface area contributed by atoms with Crippen molar-refractivity contribution in [1.29, 1.82) is 0 Å². The minimum atomic E-state index is 0.0220. The second-order valence-electron chi connectivity index (χ2n) is 7.95. The highest BCUT2D eigenvalue weighted by Crippen LogP contribution is 2.06. The molecule has 4 nitrogen and oxygen atoms in total. The van der Waals surface area contributed by atoms with E-state index in [1.807, 2.05) is 6.92 Å². The maximum Gasteiger partial charge on any atom is 0.244 e. The van der Waals surface area contributed by atoms with E-state index in [1.165, 1.54) is 44.9 Å². The smallest absolute Gasteiger partial charge is 0.244 e. The zero-order chi connectivity index (χ0) is 20.3. The lowest BCUT2D eigenvalue weighted by molar-refractivity contribution is -0.116. The average Bonchev–Trinajstić information content (AvgIpc) is 2.61. The normalized spacial score (nSPS) is 12.5. The first-order chi connectivity index (χ1) is 13.0. The number of carbonyl (C=O) groups is 1. The third kappa shape index (κ3) is 19.4. The van der Waals surface area contributed by atoms with Gasteiger partial charge in [-0.15, -0.1) is 0 Å². The molecule has 1 amide bonds. The third-order valence-electron chi connectivity index (χ3n) is 4.62. The molecule has 0 rings (SSSR count). The van der Waals surface area contributed by atoms with Gasteiger partial charge in [0.2, 0.25) is 5.91 Å². The summed E-state index contributed by atoms with van der Waals surface area (Å²) in [6.45, 7) is 8.29. The summed E-state index contributed by atoms with van der Waals surface area (Å²) in [5.41, 5.74) is 1.03. The van der Waals surface area contributed by atoms with Crippen LogP contribution in [-0.4, -0.2) is 63.0 Å². The fourth-order valence-corrected chi connectivity index (χ4v) is 2.92. The Bertz CT molecular complexity index is 416. The molecular formula is C23H45N3O. The van der Waals surface area contributed by atoms with Crippen LogP contribution in [0.2, 0.25) is 0 Å². The van der Waals surface area contributed by atoms with Crippen LogP contribution in [0.3, 0.4) is 0 Å². The van der Waals surface area contributed by atoms with Crippen molar-refractivity contribution in [2.45, 2.75) is 71.6 Å². The number of rotatable bonds is 17. The first-order valence-corrected chi connectivity index (χ1v) is 10.9. The molecule has 158 valence electrons. The van der Waals surface area contributed by atoms with Crippen molar-refractivity contribution in [2.75, 3.05) is 47.3 Å². The van der Waals surface area contributed by atoms with E-state index in [9.17, 15) is 4.79 Å². The van der Waals surface area contributed by atoms with E-state index in [-0.39, 0.29) is 5.91 Å². The van der Waals surface area contributed by atoms with Crippen LogP contribution in [-0.2, 0) is 4.79 Å². The number of carbonyl (C=O) groups excluding carboxylic acids is 1. The standard InChI is InChI=1S/C23H45N3O/c1-6-7-8-9-10-11-12-16-22(2)21-23(27)24-17-15-20-26(5)19-14-13-18-25(3)4/h12,16,21H,6-11,13-15,17-20H2,1-5H3,(H,24,27). The van der Waals surface area contributed by atoms with Gasteiger partial charge in [0.05, 0.1) is 0 Å². The molecule has 0 aromatic rings. The number of amides is 1. The van der Waals surface area contributed by atoms with Crippen molar-refractivity contribution in [3.05, 3.63) is 23.8 Å². The Morgan fingerprint density at radius 1 is 0.889 bits per heavy atom. The van der Waals surface area contributed by atoms with Crippen molar-refractivity contribution < 1.29 is 4.79 Å². The van der Waals surface area contributed by atoms with E-state index in [4.69, 9.17) is 0 Å². The molecule has 4 heteroatoms. The Hall–Kier alpha value is -1.13. The van der Waals surface area contributed by atoms with Gasteiger partial charge in [-0.3, -0.25) is 4.79 Å². The fraction of sp³-hybridized carbons (Fsp3) is 0.783. The second kappa shape index (κ2) is 18.2. The van der Waals surface area contributed by atoms with Gasteiger partial charge in [-0.05, 0) is 85.4 Å². The largest absolute Gasteiger partial charge is 0.352 e. The lowest BCUT2D eigenvalue weighted by Gasteiger charge is -2.17. The minimum absolute atomic E-state index is 0.0220. The summed E-state index contributed by atoms with van der Waals surface area (Å²) < 4.78 is 0. The molecule has 0 spiro atoms. The van der Waals surface area contributed by atoms with Crippen LogP contribution < -0.4 is 5.32 Å². The number of allylic oxidation sites excluding steroid dienone is 3. The zero-order valence-corrected chi connectivity index (χ0v) is 18.7. The second-order valence-corrected chi connectivity index (χ2v) is 7.95. The lowest BCUT2D eigenvalue weighted by atomic mass is 10.1. The molecule has 0 saturated heterocycles. The fourth-order valence-electron chi connectivity index (χ4n) is 2.92. The van der Waals surface area contributed by atoms with Gasteiger partial charge in [0.1, 0.15) is 0 Å². The highest BCUT2D eigenvalue weighted by molar-refractivity contribution is 5.88. The van der Waals surface area contributed by atoms with Crippen LogP contribution in [0, 0.1) is 0 Å². The first kappa shape index (κ1) is 25.9. The van der Waals surface area contributed by atoms with Crippen LogP contribution >= 0.6 is 0 Å². The summed E-state index contributed by atoms with van der Waals surface area (Å²) in [7, 11) is 6.40. The molecule has 0 heterocycles. The van der Waals surface area contributed by atoms with Crippen molar-refractivity contribution in [3.8, 4) is 0 Å². The van der Waals surface area contributed by atoms with Gasteiger partial charge in [0.15, 0.2) is 0 Å². The van der Waals surface area contributed by atoms with Gasteiger partial charge in [0, 0.05) is 12.6 Å². The Morgan fingerprint density at radius 2 is 1.56 bits per heavy atom. The van der Waals surface area contributed by atoms with E-state index in [1.54, 1.807) is 6.08 Å². The van der Waals surface area contributed by atoms with Gasteiger partial charge in [-0.1, -0.05) is 44.8 Å². The Morgan fingerprint density at radius 3 is 2.26 bits per heavy atom. The summed E-state index contributed by atoms with van der Waals surface area (Å²) in [6, 6.07) is 0. The molecule has 1 N–H and O–H groups in total. The van der Waals surface area contributed by atoms with Crippen LogP contribution in [0.5, 0.6) is 0 Å². The van der Waals surface area contributed by atoms with Crippen LogP contribution in [0.4, 0.5) is 0 Å². The van der Waals surface area contributed by atoms with Crippen molar-refractivity contribution in [1.82, 2.24) is 15.1 Å². The van der Waals surface area contributed by atoms with Gasteiger partial charge in [-0.25, -0.2) is 0 Å². The number of nitrogens with one attached hydrogen (secondary N) is 1. The Balaban J connectivity index is 3.71. The molecule has 0 bridgehead atoms. The number of hydrogen-bond donors (Lipinski definition) is 1. The highest BCUT2D eigenvalue weighted by atomic mass is 16.1. The molecule has 0 aromatic carbocycles. The Kier molecular flexibility index (Phi) is 17.5. The topological polar surface area (TPSA) is 35.6 Å². The monoisotopic (exact) mass is 379 g/mol. The molecule has 0 saturated carbocycles. The molecule has 0 aliphatic rings. The number of unbranched alkanes of at least 4 members (excludes halogenated alkanes) is 6. The maximum atomic E-state index is 11.9. The van der Waals surface area contributed by atoms with E-state index in [2.05, 4.69) is 55.3 Å². The van der Waals surface area contributed by atoms with E-state index in [0.29, 0.717) is 0 Å². The molecule has 0 unspecified atom stereocenters. The zero-order valence-electron chi connectivity index (χ0n) is 18.7. The predicted octanol–water partition coefficient (Wildman–Crippen LogP) is 4.63. The van der Waals surface area contributed by atoms with E-state index in [0.717, 1.165) is 44.6 Å². The summed E-state index contributed by atoms with van der Waals surface area (Å²) in [5.74, 6) is 0.0220. The molecule has 0 fully saturated rings. The van der Waals surface area contributed by atoms with E-state index < -0.39 is 0 Å². The van der Waals surface area contributed by atoms with Crippen LogP contribution in [0.15, 0.2) is 23.8 Å². The highest BCUT2D eigenvalue weighted by Gasteiger charge is 2.00. The third-order valence-corrected chi connectivity index (χ3v) is 4.62. The quantitative estimate of drug-likeness (QED) is 0.227. The van der Waals surface area contributed by atoms with Crippen LogP contribution in [0.1, 0.15) is 71.6 Å².